The SMILES string of the molecule is CCCCCC1C(=O)OC(CO)C1=O. The van der Waals surface area contributed by atoms with Gasteiger partial charge < -0.3 is 9.84 Å². The Balaban J connectivity index is 2.44. The molecule has 1 fully saturated rings. The second kappa shape index (κ2) is 5.10. The molecule has 0 aromatic rings. The molecule has 1 aliphatic heterocycles. The normalized spacial score (nSPS) is 26.7. The molecule has 14 heavy (non-hydrogen) atoms. The number of hydrogen-bond acceptors (Lipinski definition) is 4. The number of carbonyl (C=O) groups excluding carboxylic acids is 2. The number of hydrogen-bond donors (Lipinski definition) is 1. The van der Waals surface area contributed by atoms with Crippen LogP contribution in [0.25, 0.3) is 0 Å². The lowest BCUT2D eigenvalue weighted by atomic mass is 9.97. The highest BCUT2D eigenvalue weighted by Crippen LogP contribution is 2.22. The number of aliphatic hydroxyl groups excluding tert-OH is 1. The maximum absolute atomic E-state index is 11.4. The molecule has 0 saturated carbocycles. The highest BCUT2D eigenvalue weighted by Gasteiger charge is 2.42. The van der Waals surface area contributed by atoms with Gasteiger partial charge in [0.05, 0.1) is 6.61 Å². The van der Waals surface area contributed by atoms with Gasteiger partial charge in [-0.3, -0.25) is 9.59 Å². The van der Waals surface area contributed by atoms with Crippen LogP contribution in [0.5, 0.6) is 0 Å². The third-order valence-electron chi connectivity index (χ3n) is 2.47. The maximum Gasteiger partial charge on any atom is 0.317 e. The standard InChI is InChI=1S/C10H16O4/c1-2-3-4-5-7-9(12)8(6-11)14-10(7)13/h7-8,11H,2-6H2,1H3. The van der Waals surface area contributed by atoms with E-state index in [0.717, 1.165) is 19.3 Å². The smallest absolute Gasteiger partial charge is 0.317 e. The van der Waals surface area contributed by atoms with Crippen molar-refractivity contribution in [1.29, 1.82) is 0 Å². The minimum absolute atomic E-state index is 0.256. The second-order valence-electron chi connectivity index (χ2n) is 3.56. The van der Waals surface area contributed by atoms with E-state index in [9.17, 15) is 9.59 Å². The molecule has 0 radical (unpaired) electrons. The largest absolute Gasteiger partial charge is 0.451 e. The van der Waals surface area contributed by atoms with Crippen LogP contribution in [0.4, 0.5) is 0 Å². The van der Waals surface area contributed by atoms with Crippen LogP contribution >= 0.6 is 0 Å². The molecule has 0 bridgehead atoms. The molecule has 2 unspecified atom stereocenters. The van der Waals surface area contributed by atoms with Crippen LogP contribution < -0.4 is 0 Å². The predicted octanol–water partition coefficient (Wildman–Crippen LogP) is 0.670. The minimum atomic E-state index is -0.908. The molecule has 0 aromatic carbocycles. The molecule has 0 spiro atoms. The molecule has 0 amide bonds. The molecule has 1 saturated heterocycles. The van der Waals surface area contributed by atoms with Crippen molar-refractivity contribution in [1.82, 2.24) is 0 Å². The Kier molecular flexibility index (Phi) is 4.07. The van der Waals surface area contributed by atoms with Crippen LogP contribution in [0.15, 0.2) is 0 Å². The predicted molar refractivity (Wildman–Crippen MR) is 49.6 cm³/mol. The van der Waals surface area contributed by atoms with Crippen LogP contribution in [-0.4, -0.2) is 29.6 Å². The molecule has 0 aliphatic carbocycles. The van der Waals surface area contributed by atoms with E-state index in [0.29, 0.717) is 6.42 Å². The monoisotopic (exact) mass is 200 g/mol. The third kappa shape index (κ3) is 2.32. The maximum atomic E-state index is 11.4. The van der Waals surface area contributed by atoms with E-state index in [1.54, 1.807) is 0 Å². The van der Waals surface area contributed by atoms with Crippen molar-refractivity contribution in [2.45, 2.75) is 38.7 Å². The molecule has 80 valence electrons. The number of ether oxygens (including phenoxy) is 1. The molecule has 4 nitrogen and oxygen atoms in total. The summed E-state index contributed by atoms with van der Waals surface area (Å²) in [5.74, 6) is -1.35. The van der Waals surface area contributed by atoms with E-state index in [-0.39, 0.29) is 5.78 Å². The van der Waals surface area contributed by atoms with E-state index in [1.807, 2.05) is 0 Å². The van der Waals surface area contributed by atoms with Gasteiger partial charge in [-0.1, -0.05) is 26.2 Å². The third-order valence-corrected chi connectivity index (χ3v) is 2.47. The van der Waals surface area contributed by atoms with Crippen molar-refractivity contribution < 1.29 is 19.4 Å². The van der Waals surface area contributed by atoms with E-state index < -0.39 is 24.6 Å². The lowest BCUT2D eigenvalue weighted by molar-refractivity contribution is -0.145. The molecular formula is C10H16O4. The van der Waals surface area contributed by atoms with Crippen molar-refractivity contribution in [2.24, 2.45) is 5.92 Å². The Hall–Kier alpha value is -0.900. The number of aliphatic hydroxyl groups is 1. The minimum Gasteiger partial charge on any atom is -0.451 e. The van der Waals surface area contributed by atoms with Gasteiger partial charge in [0.15, 0.2) is 11.9 Å². The number of carbonyl (C=O) groups is 2. The van der Waals surface area contributed by atoms with Crippen molar-refractivity contribution in [3.05, 3.63) is 0 Å². The van der Waals surface area contributed by atoms with E-state index in [4.69, 9.17) is 9.84 Å². The Morgan fingerprint density at radius 1 is 1.36 bits per heavy atom. The summed E-state index contributed by atoms with van der Waals surface area (Å²) in [6, 6.07) is 0. The zero-order valence-electron chi connectivity index (χ0n) is 8.36. The topological polar surface area (TPSA) is 63.6 Å². The summed E-state index contributed by atoms with van der Waals surface area (Å²) < 4.78 is 4.73. The van der Waals surface area contributed by atoms with Crippen molar-refractivity contribution in [3.8, 4) is 0 Å². The van der Waals surface area contributed by atoms with Gasteiger partial charge in [-0.05, 0) is 6.42 Å². The zero-order chi connectivity index (χ0) is 10.6. The molecule has 1 heterocycles. The van der Waals surface area contributed by atoms with Crippen molar-refractivity contribution in [3.63, 3.8) is 0 Å². The van der Waals surface area contributed by atoms with Crippen LogP contribution in [0.2, 0.25) is 0 Å². The zero-order valence-corrected chi connectivity index (χ0v) is 8.36. The highest BCUT2D eigenvalue weighted by molar-refractivity contribution is 6.06. The summed E-state index contributed by atoms with van der Waals surface area (Å²) in [6.07, 6.45) is 2.58. The number of esters is 1. The summed E-state index contributed by atoms with van der Waals surface area (Å²) in [4.78, 5) is 22.6. The fourth-order valence-electron chi connectivity index (χ4n) is 1.61. The molecular weight excluding hydrogens is 184 g/mol. The molecule has 1 rings (SSSR count). The quantitative estimate of drug-likeness (QED) is 0.402. The molecule has 4 heteroatoms. The van der Waals surface area contributed by atoms with Gasteiger partial charge in [0, 0.05) is 0 Å². The molecule has 0 aromatic heterocycles. The van der Waals surface area contributed by atoms with Crippen LogP contribution in [0, 0.1) is 5.92 Å². The van der Waals surface area contributed by atoms with Gasteiger partial charge in [-0.15, -0.1) is 0 Å². The molecule has 2 atom stereocenters. The molecule has 1 N–H and O–H groups in total. The summed E-state index contributed by atoms with van der Waals surface area (Å²) >= 11 is 0. The lowest BCUT2D eigenvalue weighted by Gasteiger charge is -2.02. The highest BCUT2D eigenvalue weighted by atomic mass is 16.6. The average molecular weight is 200 g/mol. The number of cyclic esters (lactones) is 1. The van der Waals surface area contributed by atoms with Crippen molar-refractivity contribution >= 4 is 11.8 Å². The first kappa shape index (κ1) is 11.2. The first-order valence-electron chi connectivity index (χ1n) is 5.05. The van der Waals surface area contributed by atoms with E-state index >= 15 is 0 Å². The van der Waals surface area contributed by atoms with Crippen LogP contribution in [0.3, 0.4) is 0 Å². The van der Waals surface area contributed by atoms with Crippen molar-refractivity contribution in [2.75, 3.05) is 6.61 Å². The van der Waals surface area contributed by atoms with Gasteiger partial charge in [0.2, 0.25) is 0 Å². The summed E-state index contributed by atoms with van der Waals surface area (Å²) in [5.41, 5.74) is 0. The first-order valence-corrected chi connectivity index (χ1v) is 5.05. The van der Waals surface area contributed by atoms with Crippen LogP contribution in [0.1, 0.15) is 32.6 Å². The second-order valence-corrected chi connectivity index (χ2v) is 3.56. The Morgan fingerprint density at radius 3 is 2.57 bits per heavy atom. The Morgan fingerprint density at radius 2 is 2.07 bits per heavy atom. The molecule has 1 aliphatic rings. The van der Waals surface area contributed by atoms with Gasteiger partial charge in [-0.25, -0.2) is 0 Å². The average Bonchev–Trinajstić information content (AvgIpc) is 2.45. The number of rotatable bonds is 5. The van der Waals surface area contributed by atoms with Crippen LogP contribution in [-0.2, 0) is 14.3 Å². The van der Waals surface area contributed by atoms with E-state index in [1.165, 1.54) is 0 Å². The lowest BCUT2D eigenvalue weighted by Crippen LogP contribution is -2.23. The first-order chi connectivity index (χ1) is 6.70. The fraction of sp³-hybridized carbons (Fsp3) is 0.800. The summed E-state index contributed by atoms with van der Waals surface area (Å²) in [5, 5.41) is 8.75. The fourth-order valence-corrected chi connectivity index (χ4v) is 1.61. The van der Waals surface area contributed by atoms with Gasteiger partial charge in [0.25, 0.3) is 0 Å². The van der Waals surface area contributed by atoms with E-state index in [2.05, 4.69) is 6.92 Å². The van der Waals surface area contributed by atoms with Gasteiger partial charge in [0.1, 0.15) is 5.92 Å². The number of Topliss-reactive ketones (excluding diaryl/α,β-unsaturated/α-hetero) is 1. The van der Waals surface area contributed by atoms with Gasteiger partial charge in [-0.2, -0.15) is 0 Å². The summed E-state index contributed by atoms with van der Waals surface area (Å²) in [6.45, 7) is 1.67. The number of ketones is 1. The Labute approximate surface area is 83.2 Å². The Bertz CT molecular complexity index is 224. The number of unbranched alkanes of at least 4 members (excludes halogenated alkanes) is 2. The summed E-state index contributed by atoms with van der Waals surface area (Å²) in [7, 11) is 0. The van der Waals surface area contributed by atoms with Gasteiger partial charge >= 0.3 is 5.97 Å².